The number of nitrogens with zero attached hydrogens (tertiary/aromatic N) is 1. The van der Waals surface area contributed by atoms with Gasteiger partial charge in [0.15, 0.2) is 5.75 Å². The molecule has 0 heterocycles. The monoisotopic (exact) mass is 331 g/mol. The van der Waals surface area contributed by atoms with Gasteiger partial charge in [-0.3, -0.25) is 0 Å². The molecule has 0 amide bonds. The van der Waals surface area contributed by atoms with Crippen molar-refractivity contribution >= 4 is 34.9 Å². The largest absolute Gasteiger partial charge is 0.490 e. The van der Waals surface area contributed by atoms with E-state index in [-0.39, 0.29) is 0 Å². The summed E-state index contributed by atoms with van der Waals surface area (Å²) < 4.78 is 5.54. The average molecular weight is 332 g/mol. The van der Waals surface area contributed by atoms with Crippen molar-refractivity contribution in [3.63, 3.8) is 0 Å². The number of hydrogen-bond acceptors (Lipinski definition) is 2. The molecule has 0 spiro atoms. The Morgan fingerprint density at radius 1 is 1.18 bits per heavy atom. The molecule has 0 saturated carbocycles. The quantitative estimate of drug-likeness (QED) is 0.508. The highest BCUT2D eigenvalue weighted by Gasteiger charge is 2.09. The van der Waals surface area contributed by atoms with Crippen LogP contribution >= 0.6 is 23.2 Å². The Bertz CT molecular complexity index is 695. The summed E-state index contributed by atoms with van der Waals surface area (Å²) in [5, 5.41) is 10.2. The fraction of sp³-hybridized carbons (Fsp3) is 0.167. The Labute approximate surface area is 140 Å². The van der Waals surface area contributed by atoms with Gasteiger partial charge in [0.2, 0.25) is 0 Å². The third-order valence-corrected chi connectivity index (χ3v) is 3.55. The molecule has 0 aliphatic rings. The average Bonchev–Trinajstić information content (AvgIpc) is 2.53. The Morgan fingerprint density at radius 2 is 1.82 bits per heavy atom. The number of rotatable bonds is 5. The zero-order valence-corrected chi connectivity index (χ0v) is 13.7. The Hall–Kier alpha value is -1.95. The predicted octanol–water partition coefficient (Wildman–Crippen LogP) is 5.85. The molecule has 2 nitrogen and oxygen atoms in total. The summed E-state index contributed by atoms with van der Waals surface area (Å²) in [6, 6.07) is 15.2. The first-order valence-electron chi connectivity index (χ1n) is 6.94. The highest BCUT2D eigenvalue weighted by atomic mass is 35.5. The fourth-order valence-corrected chi connectivity index (χ4v) is 2.58. The van der Waals surface area contributed by atoms with E-state index in [0.717, 1.165) is 17.5 Å². The normalized spacial score (nSPS) is 11.1. The minimum Gasteiger partial charge on any atom is -0.490 e. The van der Waals surface area contributed by atoms with Gasteiger partial charge in [-0.05, 0) is 35.8 Å². The molecule has 0 atom stereocenters. The van der Waals surface area contributed by atoms with E-state index in [1.54, 1.807) is 18.2 Å². The Kier molecular flexibility index (Phi) is 5.89. The third-order valence-electron chi connectivity index (χ3n) is 2.99. The van der Waals surface area contributed by atoms with Crippen molar-refractivity contribution in [3.8, 4) is 11.8 Å². The van der Waals surface area contributed by atoms with Gasteiger partial charge in [0.25, 0.3) is 0 Å². The molecule has 112 valence electrons. The second-order valence-corrected chi connectivity index (χ2v) is 5.51. The standard InChI is InChI=1S/C18H15Cl2NO/c1-2-8-22-18-16(19)10-13(11-17(18)20)9-15(12-21)14-6-4-3-5-7-14/h3-7,9-11H,2,8H2,1H3/b15-9+. The van der Waals surface area contributed by atoms with E-state index in [9.17, 15) is 5.26 Å². The zero-order chi connectivity index (χ0) is 15.9. The number of allylic oxidation sites excluding steroid dienone is 1. The van der Waals surface area contributed by atoms with Gasteiger partial charge in [-0.15, -0.1) is 0 Å². The minimum absolute atomic E-state index is 0.442. The maximum absolute atomic E-state index is 9.34. The Balaban J connectivity index is 2.37. The summed E-state index contributed by atoms with van der Waals surface area (Å²) in [5.74, 6) is 0.487. The van der Waals surface area contributed by atoms with Gasteiger partial charge in [-0.25, -0.2) is 0 Å². The van der Waals surface area contributed by atoms with Gasteiger partial charge in [0, 0.05) is 0 Å². The molecule has 0 aromatic heterocycles. The van der Waals surface area contributed by atoms with Crippen LogP contribution in [0.4, 0.5) is 0 Å². The molecule has 0 radical (unpaired) electrons. The molecule has 0 saturated heterocycles. The molecule has 0 aliphatic heterocycles. The molecule has 2 rings (SSSR count). The smallest absolute Gasteiger partial charge is 0.156 e. The van der Waals surface area contributed by atoms with Gasteiger partial charge in [0.05, 0.1) is 28.3 Å². The van der Waals surface area contributed by atoms with Crippen LogP contribution in [0.1, 0.15) is 24.5 Å². The van der Waals surface area contributed by atoms with Crippen LogP contribution in [0.3, 0.4) is 0 Å². The molecule has 0 fully saturated rings. The van der Waals surface area contributed by atoms with Crippen molar-refractivity contribution in [2.75, 3.05) is 6.61 Å². The van der Waals surface area contributed by atoms with Crippen LogP contribution in [0.15, 0.2) is 42.5 Å². The molecule has 0 unspecified atom stereocenters. The second kappa shape index (κ2) is 7.89. The van der Waals surface area contributed by atoms with Gasteiger partial charge in [-0.1, -0.05) is 60.5 Å². The van der Waals surface area contributed by atoms with Crippen LogP contribution in [0, 0.1) is 11.3 Å². The SMILES string of the molecule is CCCOc1c(Cl)cc(/C=C(\C#N)c2ccccc2)cc1Cl. The van der Waals surface area contributed by atoms with Gasteiger partial charge < -0.3 is 4.74 Å². The molecule has 4 heteroatoms. The number of nitriles is 1. The molecule has 0 aliphatic carbocycles. The van der Waals surface area contributed by atoms with Crippen molar-refractivity contribution in [2.24, 2.45) is 0 Å². The van der Waals surface area contributed by atoms with E-state index in [1.165, 1.54) is 0 Å². The summed E-state index contributed by atoms with van der Waals surface area (Å²) in [5.41, 5.74) is 2.16. The lowest BCUT2D eigenvalue weighted by Crippen LogP contribution is -1.96. The molecule has 2 aromatic rings. The summed E-state index contributed by atoms with van der Waals surface area (Å²) >= 11 is 12.4. The van der Waals surface area contributed by atoms with E-state index in [2.05, 4.69) is 6.07 Å². The van der Waals surface area contributed by atoms with Gasteiger partial charge in [0.1, 0.15) is 0 Å². The summed E-state index contributed by atoms with van der Waals surface area (Å²) in [4.78, 5) is 0. The highest BCUT2D eigenvalue weighted by molar-refractivity contribution is 6.37. The summed E-state index contributed by atoms with van der Waals surface area (Å²) in [6.45, 7) is 2.57. The molecular weight excluding hydrogens is 317 g/mol. The summed E-state index contributed by atoms with van der Waals surface area (Å²) in [7, 11) is 0. The third kappa shape index (κ3) is 4.04. The highest BCUT2D eigenvalue weighted by Crippen LogP contribution is 2.35. The first-order chi connectivity index (χ1) is 10.7. The van der Waals surface area contributed by atoms with Crippen LogP contribution < -0.4 is 4.74 Å². The van der Waals surface area contributed by atoms with Crippen molar-refractivity contribution in [1.29, 1.82) is 5.26 Å². The van der Waals surface area contributed by atoms with Gasteiger partial charge in [-0.2, -0.15) is 5.26 Å². The fourth-order valence-electron chi connectivity index (χ4n) is 1.97. The number of ether oxygens (including phenoxy) is 1. The lowest BCUT2D eigenvalue weighted by molar-refractivity contribution is 0.318. The minimum atomic E-state index is 0.442. The molecule has 0 bridgehead atoms. The number of hydrogen-bond donors (Lipinski definition) is 0. The van der Waals surface area contributed by atoms with Crippen LogP contribution in [0.2, 0.25) is 10.0 Å². The van der Waals surface area contributed by atoms with E-state index < -0.39 is 0 Å². The van der Waals surface area contributed by atoms with E-state index in [1.807, 2.05) is 37.3 Å². The van der Waals surface area contributed by atoms with Crippen molar-refractivity contribution in [1.82, 2.24) is 0 Å². The lowest BCUT2D eigenvalue weighted by Gasteiger charge is -2.10. The topological polar surface area (TPSA) is 33.0 Å². The van der Waals surface area contributed by atoms with Crippen LogP contribution in [-0.4, -0.2) is 6.61 Å². The van der Waals surface area contributed by atoms with Crippen LogP contribution in [0.5, 0.6) is 5.75 Å². The van der Waals surface area contributed by atoms with Crippen molar-refractivity contribution < 1.29 is 4.74 Å². The molecule has 22 heavy (non-hydrogen) atoms. The molecular formula is C18H15Cl2NO. The number of benzene rings is 2. The van der Waals surface area contributed by atoms with Crippen molar-refractivity contribution in [2.45, 2.75) is 13.3 Å². The van der Waals surface area contributed by atoms with Crippen LogP contribution in [-0.2, 0) is 0 Å². The second-order valence-electron chi connectivity index (χ2n) is 4.70. The van der Waals surface area contributed by atoms with E-state index in [0.29, 0.717) is 28.0 Å². The van der Waals surface area contributed by atoms with E-state index in [4.69, 9.17) is 27.9 Å². The maximum Gasteiger partial charge on any atom is 0.156 e. The van der Waals surface area contributed by atoms with Crippen molar-refractivity contribution in [3.05, 3.63) is 63.6 Å². The zero-order valence-electron chi connectivity index (χ0n) is 12.1. The first-order valence-corrected chi connectivity index (χ1v) is 7.70. The predicted molar refractivity (Wildman–Crippen MR) is 92.2 cm³/mol. The first kappa shape index (κ1) is 16.4. The molecule has 0 N–H and O–H groups in total. The molecule has 2 aromatic carbocycles. The maximum atomic E-state index is 9.34. The van der Waals surface area contributed by atoms with E-state index >= 15 is 0 Å². The van der Waals surface area contributed by atoms with Gasteiger partial charge >= 0.3 is 0 Å². The van der Waals surface area contributed by atoms with Crippen LogP contribution in [0.25, 0.3) is 11.6 Å². The number of halogens is 2. The lowest BCUT2D eigenvalue weighted by atomic mass is 10.0. The Morgan fingerprint density at radius 3 is 2.36 bits per heavy atom. The summed E-state index contributed by atoms with van der Waals surface area (Å²) in [6.07, 6.45) is 2.64.